The predicted molar refractivity (Wildman–Crippen MR) is 71.3 cm³/mol. The number of sulfonamides is 1. The van der Waals surface area contributed by atoms with Gasteiger partial charge in [0.15, 0.2) is 5.89 Å². The Morgan fingerprint density at radius 3 is 2.45 bits per heavy atom. The molecule has 7 heteroatoms. The Kier molecular flexibility index (Phi) is 4.20. The van der Waals surface area contributed by atoms with Crippen molar-refractivity contribution in [2.45, 2.75) is 25.2 Å². The summed E-state index contributed by atoms with van der Waals surface area (Å²) in [6, 6.07) is 4.67. The number of hydrogen-bond donors (Lipinski definition) is 1. The van der Waals surface area contributed by atoms with Crippen LogP contribution in [-0.4, -0.2) is 19.9 Å². The van der Waals surface area contributed by atoms with E-state index < -0.39 is 15.8 Å². The van der Waals surface area contributed by atoms with Crippen molar-refractivity contribution in [3.05, 3.63) is 47.4 Å². The molecule has 0 saturated heterocycles. The Hall–Kier alpha value is -1.73. The molecule has 0 unspecified atom stereocenters. The zero-order valence-corrected chi connectivity index (χ0v) is 12.0. The number of benzene rings is 1. The molecule has 0 atom stereocenters. The molecule has 1 aromatic carbocycles. The van der Waals surface area contributed by atoms with E-state index in [0.717, 1.165) is 17.8 Å². The van der Waals surface area contributed by atoms with E-state index in [1.54, 1.807) is 13.8 Å². The first-order valence-electron chi connectivity index (χ1n) is 6.06. The van der Waals surface area contributed by atoms with E-state index in [9.17, 15) is 12.8 Å². The number of rotatable bonds is 5. The number of aryl methyl sites for hydroxylation is 2. The molecule has 0 amide bonds. The molecule has 2 rings (SSSR count). The third-order valence-electron chi connectivity index (χ3n) is 2.77. The normalized spacial score (nSPS) is 11.8. The molecule has 0 radical (unpaired) electrons. The monoisotopic (exact) mass is 298 g/mol. The zero-order chi connectivity index (χ0) is 14.8. The van der Waals surface area contributed by atoms with Gasteiger partial charge in [-0.2, -0.15) is 0 Å². The van der Waals surface area contributed by atoms with Crippen LogP contribution in [0.3, 0.4) is 0 Å². The van der Waals surface area contributed by atoms with Gasteiger partial charge in [-0.25, -0.2) is 22.5 Å². The first kappa shape index (κ1) is 14.7. The molecule has 5 nitrogen and oxygen atoms in total. The van der Waals surface area contributed by atoms with E-state index in [1.807, 2.05) is 0 Å². The Morgan fingerprint density at radius 1 is 1.25 bits per heavy atom. The highest BCUT2D eigenvalue weighted by molar-refractivity contribution is 7.89. The summed E-state index contributed by atoms with van der Waals surface area (Å²) in [6.45, 7) is 3.73. The van der Waals surface area contributed by atoms with Crippen LogP contribution in [-0.2, 0) is 16.4 Å². The zero-order valence-electron chi connectivity index (χ0n) is 11.2. The maximum absolute atomic E-state index is 12.8. The van der Waals surface area contributed by atoms with Gasteiger partial charge >= 0.3 is 0 Å². The van der Waals surface area contributed by atoms with E-state index in [1.165, 1.54) is 12.1 Å². The molecule has 0 aliphatic heterocycles. The molecule has 0 aliphatic carbocycles. The Balaban J connectivity index is 1.99. The second-order valence-electron chi connectivity index (χ2n) is 4.34. The summed E-state index contributed by atoms with van der Waals surface area (Å²) in [5.41, 5.74) is 0.753. The number of oxazole rings is 1. The second kappa shape index (κ2) is 5.72. The fraction of sp³-hybridized carbons (Fsp3) is 0.308. The van der Waals surface area contributed by atoms with Crippen molar-refractivity contribution in [3.8, 4) is 0 Å². The fourth-order valence-electron chi connectivity index (χ4n) is 1.80. The highest BCUT2D eigenvalue weighted by atomic mass is 32.2. The van der Waals surface area contributed by atoms with E-state index in [0.29, 0.717) is 18.1 Å². The number of hydrogen-bond acceptors (Lipinski definition) is 4. The highest BCUT2D eigenvalue weighted by Crippen LogP contribution is 2.11. The summed E-state index contributed by atoms with van der Waals surface area (Å²) in [5.74, 6) is 0.736. The van der Waals surface area contributed by atoms with Crippen molar-refractivity contribution in [1.29, 1.82) is 0 Å². The molecule has 0 saturated carbocycles. The van der Waals surface area contributed by atoms with Gasteiger partial charge in [-0.1, -0.05) is 0 Å². The number of halogens is 1. The van der Waals surface area contributed by atoms with Crippen LogP contribution < -0.4 is 4.72 Å². The fourth-order valence-corrected chi connectivity index (χ4v) is 2.83. The standard InChI is InChI=1S/C13H15FN2O3S/c1-9-13(19-10(2)16-9)7-8-15-20(17,18)12-5-3-11(14)4-6-12/h3-6,15H,7-8H2,1-2H3. The topological polar surface area (TPSA) is 72.2 Å². The minimum Gasteiger partial charge on any atom is -0.446 e. The Labute approximate surface area is 116 Å². The third-order valence-corrected chi connectivity index (χ3v) is 4.24. The van der Waals surface area contributed by atoms with Crippen molar-refractivity contribution in [3.63, 3.8) is 0 Å². The predicted octanol–water partition coefficient (Wildman–Crippen LogP) is 1.95. The summed E-state index contributed by atoms with van der Waals surface area (Å²) in [5, 5.41) is 0. The van der Waals surface area contributed by atoms with Crippen LogP contribution in [0.25, 0.3) is 0 Å². The first-order chi connectivity index (χ1) is 9.38. The summed E-state index contributed by atoms with van der Waals surface area (Å²) < 4.78 is 44.4. The van der Waals surface area contributed by atoms with E-state index in [4.69, 9.17) is 4.42 Å². The molecule has 108 valence electrons. The lowest BCUT2D eigenvalue weighted by Gasteiger charge is -2.05. The lowest BCUT2D eigenvalue weighted by molar-refractivity contribution is 0.472. The van der Waals surface area contributed by atoms with Gasteiger partial charge in [0.05, 0.1) is 10.6 Å². The van der Waals surface area contributed by atoms with Gasteiger partial charge in [-0.05, 0) is 31.2 Å². The molecule has 2 aromatic rings. The molecule has 1 aromatic heterocycles. The Bertz CT molecular complexity index is 693. The number of nitrogens with one attached hydrogen (secondary N) is 1. The molecular weight excluding hydrogens is 283 g/mol. The smallest absolute Gasteiger partial charge is 0.240 e. The quantitative estimate of drug-likeness (QED) is 0.915. The van der Waals surface area contributed by atoms with Crippen molar-refractivity contribution in [1.82, 2.24) is 9.71 Å². The largest absolute Gasteiger partial charge is 0.446 e. The summed E-state index contributed by atoms with van der Waals surface area (Å²) in [7, 11) is -3.63. The van der Waals surface area contributed by atoms with Crippen molar-refractivity contribution < 1.29 is 17.2 Å². The van der Waals surface area contributed by atoms with Gasteiger partial charge in [0.1, 0.15) is 11.6 Å². The maximum atomic E-state index is 12.8. The minimum atomic E-state index is -3.63. The van der Waals surface area contributed by atoms with Gasteiger partial charge in [0, 0.05) is 19.9 Å². The van der Waals surface area contributed by atoms with E-state index >= 15 is 0 Å². The molecule has 0 aliphatic rings. The van der Waals surface area contributed by atoms with Crippen LogP contribution in [0.15, 0.2) is 33.6 Å². The van der Waals surface area contributed by atoms with Crippen LogP contribution >= 0.6 is 0 Å². The summed E-state index contributed by atoms with van der Waals surface area (Å²) in [4.78, 5) is 4.14. The summed E-state index contributed by atoms with van der Waals surface area (Å²) >= 11 is 0. The molecule has 20 heavy (non-hydrogen) atoms. The summed E-state index contributed by atoms with van der Waals surface area (Å²) in [6.07, 6.45) is 0.410. The molecule has 0 spiro atoms. The van der Waals surface area contributed by atoms with Crippen LogP contribution in [0.5, 0.6) is 0 Å². The van der Waals surface area contributed by atoms with Gasteiger partial charge in [0.2, 0.25) is 10.0 Å². The molecule has 0 fully saturated rings. The highest BCUT2D eigenvalue weighted by Gasteiger charge is 2.14. The number of nitrogens with zero attached hydrogens (tertiary/aromatic N) is 1. The maximum Gasteiger partial charge on any atom is 0.240 e. The SMILES string of the molecule is Cc1nc(C)c(CCNS(=O)(=O)c2ccc(F)cc2)o1. The molecule has 1 heterocycles. The second-order valence-corrected chi connectivity index (χ2v) is 6.11. The first-order valence-corrected chi connectivity index (χ1v) is 7.55. The molecule has 1 N–H and O–H groups in total. The van der Waals surface area contributed by atoms with Crippen molar-refractivity contribution >= 4 is 10.0 Å². The van der Waals surface area contributed by atoms with Crippen molar-refractivity contribution in [2.75, 3.05) is 6.54 Å². The number of aromatic nitrogens is 1. The molecular formula is C13H15FN2O3S. The molecule has 0 bridgehead atoms. The van der Waals surface area contributed by atoms with Crippen LogP contribution in [0, 0.1) is 19.7 Å². The van der Waals surface area contributed by atoms with Gasteiger partial charge in [0.25, 0.3) is 0 Å². The average Bonchev–Trinajstić information content (AvgIpc) is 2.68. The van der Waals surface area contributed by atoms with E-state index in [2.05, 4.69) is 9.71 Å². The lowest BCUT2D eigenvalue weighted by Crippen LogP contribution is -2.26. The van der Waals surface area contributed by atoms with Gasteiger partial charge in [-0.15, -0.1) is 0 Å². The Morgan fingerprint density at radius 2 is 1.90 bits per heavy atom. The van der Waals surface area contributed by atoms with Crippen LogP contribution in [0.2, 0.25) is 0 Å². The lowest BCUT2D eigenvalue weighted by atomic mass is 10.3. The average molecular weight is 298 g/mol. The van der Waals surface area contributed by atoms with Gasteiger partial charge in [-0.3, -0.25) is 0 Å². The van der Waals surface area contributed by atoms with Gasteiger partial charge < -0.3 is 4.42 Å². The minimum absolute atomic E-state index is 0.0318. The third kappa shape index (κ3) is 3.43. The van der Waals surface area contributed by atoms with Crippen LogP contribution in [0.1, 0.15) is 17.3 Å². The van der Waals surface area contributed by atoms with E-state index in [-0.39, 0.29) is 11.4 Å². The van der Waals surface area contributed by atoms with Crippen LogP contribution in [0.4, 0.5) is 4.39 Å². The van der Waals surface area contributed by atoms with Crippen molar-refractivity contribution in [2.24, 2.45) is 0 Å².